The molecule has 0 unspecified atom stereocenters. The molecule has 0 N–H and O–H groups in total. The zero-order chi connectivity index (χ0) is 13.0. The highest BCUT2D eigenvalue weighted by atomic mass is 79.9. The first-order valence-corrected chi connectivity index (χ1v) is 7.74. The van der Waals surface area contributed by atoms with Gasteiger partial charge in [-0.25, -0.2) is 4.39 Å². The maximum absolute atomic E-state index is 13.1. The molecule has 94 valence electrons. The standard InChI is InChI=1S/C14H11BrClFS/c15-12-7-10(5-6-14(12)17)8-18-9-11-3-1-2-4-13(11)16/h1-7H,8-9H2. The van der Waals surface area contributed by atoms with Gasteiger partial charge in [-0.15, -0.1) is 0 Å². The molecule has 2 aromatic carbocycles. The lowest BCUT2D eigenvalue weighted by atomic mass is 10.2. The Hall–Kier alpha value is -0.510. The van der Waals surface area contributed by atoms with Crippen LogP contribution in [0.3, 0.4) is 0 Å². The van der Waals surface area contributed by atoms with E-state index in [2.05, 4.69) is 15.9 Å². The van der Waals surface area contributed by atoms with E-state index in [4.69, 9.17) is 11.6 Å². The van der Waals surface area contributed by atoms with Crippen molar-refractivity contribution in [1.82, 2.24) is 0 Å². The van der Waals surface area contributed by atoms with Crippen LogP contribution in [0.5, 0.6) is 0 Å². The van der Waals surface area contributed by atoms with Crippen molar-refractivity contribution in [1.29, 1.82) is 0 Å². The van der Waals surface area contributed by atoms with Crippen LogP contribution in [0.15, 0.2) is 46.9 Å². The molecule has 0 heterocycles. The first kappa shape index (κ1) is 13.9. The molecule has 0 saturated carbocycles. The average molecular weight is 346 g/mol. The molecule has 0 aliphatic rings. The summed E-state index contributed by atoms with van der Waals surface area (Å²) in [6.07, 6.45) is 0. The van der Waals surface area contributed by atoms with Crippen molar-refractivity contribution in [2.45, 2.75) is 11.5 Å². The minimum Gasteiger partial charge on any atom is -0.206 e. The van der Waals surface area contributed by atoms with Crippen LogP contribution < -0.4 is 0 Å². The molecule has 4 heteroatoms. The average Bonchev–Trinajstić information content (AvgIpc) is 2.36. The largest absolute Gasteiger partial charge is 0.206 e. The third-order valence-electron chi connectivity index (χ3n) is 2.47. The molecule has 0 amide bonds. The molecule has 0 nitrogen and oxygen atoms in total. The molecule has 0 radical (unpaired) electrons. The molecule has 0 aromatic heterocycles. The Kier molecular flexibility index (Phi) is 5.10. The van der Waals surface area contributed by atoms with Crippen LogP contribution in [-0.4, -0.2) is 0 Å². The van der Waals surface area contributed by atoms with Gasteiger partial charge < -0.3 is 0 Å². The predicted molar refractivity (Wildman–Crippen MR) is 80.6 cm³/mol. The maximum Gasteiger partial charge on any atom is 0.137 e. The Morgan fingerprint density at radius 1 is 1.11 bits per heavy atom. The first-order chi connectivity index (χ1) is 8.66. The molecule has 0 fully saturated rings. The Bertz CT molecular complexity index is 545. The van der Waals surface area contributed by atoms with Crippen LogP contribution >= 0.6 is 39.3 Å². The highest BCUT2D eigenvalue weighted by molar-refractivity contribution is 9.10. The molecule has 0 bridgehead atoms. The second-order valence-corrected chi connectivity index (χ2v) is 6.08. The minimum atomic E-state index is -0.227. The second kappa shape index (κ2) is 6.60. The summed E-state index contributed by atoms with van der Waals surface area (Å²) in [6, 6.07) is 12.9. The van der Waals surface area contributed by atoms with Crippen molar-refractivity contribution in [3.63, 3.8) is 0 Å². The molecule has 0 aliphatic carbocycles. The molecule has 0 spiro atoms. The molecule has 18 heavy (non-hydrogen) atoms. The van der Waals surface area contributed by atoms with Gasteiger partial charge >= 0.3 is 0 Å². The summed E-state index contributed by atoms with van der Waals surface area (Å²) < 4.78 is 13.6. The van der Waals surface area contributed by atoms with Gasteiger partial charge in [-0.2, -0.15) is 11.8 Å². The number of halogens is 3. The summed E-state index contributed by atoms with van der Waals surface area (Å²) in [6.45, 7) is 0. The SMILES string of the molecule is Fc1ccc(CSCc2ccccc2Cl)cc1Br. The van der Waals surface area contributed by atoms with E-state index in [1.54, 1.807) is 17.8 Å². The van der Waals surface area contributed by atoms with Crippen LogP contribution in [-0.2, 0) is 11.5 Å². The number of rotatable bonds is 4. The van der Waals surface area contributed by atoms with Crippen molar-refractivity contribution in [3.8, 4) is 0 Å². The van der Waals surface area contributed by atoms with Gasteiger partial charge in [0, 0.05) is 16.5 Å². The third kappa shape index (κ3) is 3.74. The highest BCUT2D eigenvalue weighted by Gasteiger charge is 2.02. The van der Waals surface area contributed by atoms with E-state index in [1.165, 1.54) is 6.07 Å². The van der Waals surface area contributed by atoms with E-state index in [0.29, 0.717) is 4.47 Å². The van der Waals surface area contributed by atoms with Crippen LogP contribution in [0.2, 0.25) is 5.02 Å². The number of thioether (sulfide) groups is 1. The molecule has 2 rings (SSSR count). The van der Waals surface area contributed by atoms with E-state index in [1.807, 2.05) is 30.3 Å². The Labute approximate surface area is 124 Å². The first-order valence-electron chi connectivity index (χ1n) is 5.42. The van der Waals surface area contributed by atoms with Crippen LogP contribution in [0, 0.1) is 5.82 Å². The van der Waals surface area contributed by atoms with Gasteiger partial charge in [0.25, 0.3) is 0 Å². The second-order valence-electron chi connectivity index (χ2n) is 3.83. The number of hydrogen-bond donors (Lipinski definition) is 0. The lowest BCUT2D eigenvalue weighted by Gasteiger charge is -2.05. The molecule has 0 saturated heterocycles. The van der Waals surface area contributed by atoms with Gasteiger partial charge in [0.05, 0.1) is 4.47 Å². The molecule has 2 aromatic rings. The Balaban J connectivity index is 1.92. The topological polar surface area (TPSA) is 0 Å². The van der Waals surface area contributed by atoms with Gasteiger partial charge in [-0.05, 0) is 45.3 Å². The quantitative estimate of drug-likeness (QED) is 0.687. The van der Waals surface area contributed by atoms with Crippen LogP contribution in [0.4, 0.5) is 4.39 Å². The van der Waals surface area contributed by atoms with Crippen molar-refractivity contribution in [2.24, 2.45) is 0 Å². The van der Waals surface area contributed by atoms with Crippen molar-refractivity contribution in [2.75, 3.05) is 0 Å². The molecular weight excluding hydrogens is 335 g/mol. The lowest BCUT2D eigenvalue weighted by molar-refractivity contribution is 0.620. The summed E-state index contributed by atoms with van der Waals surface area (Å²) in [5, 5.41) is 0.797. The molecule has 0 atom stereocenters. The summed E-state index contributed by atoms with van der Waals surface area (Å²) in [7, 11) is 0. The fraction of sp³-hybridized carbons (Fsp3) is 0.143. The predicted octanol–water partition coefficient (Wildman–Crippen LogP) is 5.68. The molecular formula is C14H11BrClFS. The third-order valence-corrected chi connectivity index (χ3v) is 4.50. The number of hydrogen-bond acceptors (Lipinski definition) is 1. The number of benzene rings is 2. The monoisotopic (exact) mass is 344 g/mol. The summed E-state index contributed by atoms with van der Waals surface area (Å²) in [4.78, 5) is 0. The fourth-order valence-electron chi connectivity index (χ4n) is 1.52. The van der Waals surface area contributed by atoms with E-state index in [0.717, 1.165) is 27.7 Å². The van der Waals surface area contributed by atoms with Crippen LogP contribution in [0.1, 0.15) is 11.1 Å². The zero-order valence-electron chi connectivity index (χ0n) is 9.50. The lowest BCUT2D eigenvalue weighted by Crippen LogP contribution is -1.86. The van der Waals surface area contributed by atoms with Gasteiger partial charge in [0.15, 0.2) is 0 Å². The Morgan fingerprint density at radius 3 is 2.61 bits per heavy atom. The molecule has 0 aliphatic heterocycles. The summed E-state index contributed by atoms with van der Waals surface area (Å²) in [5.74, 6) is 1.47. The van der Waals surface area contributed by atoms with Gasteiger partial charge in [0.1, 0.15) is 5.82 Å². The minimum absolute atomic E-state index is 0.227. The summed E-state index contributed by atoms with van der Waals surface area (Å²) >= 11 is 11.0. The van der Waals surface area contributed by atoms with E-state index >= 15 is 0 Å². The normalized spacial score (nSPS) is 10.6. The van der Waals surface area contributed by atoms with E-state index in [9.17, 15) is 4.39 Å². The maximum atomic E-state index is 13.1. The van der Waals surface area contributed by atoms with Gasteiger partial charge in [0.2, 0.25) is 0 Å². The summed E-state index contributed by atoms with van der Waals surface area (Å²) in [5.41, 5.74) is 2.23. The van der Waals surface area contributed by atoms with Crippen LogP contribution in [0.25, 0.3) is 0 Å². The van der Waals surface area contributed by atoms with Gasteiger partial charge in [-0.3, -0.25) is 0 Å². The van der Waals surface area contributed by atoms with E-state index < -0.39 is 0 Å². The van der Waals surface area contributed by atoms with E-state index in [-0.39, 0.29) is 5.82 Å². The highest BCUT2D eigenvalue weighted by Crippen LogP contribution is 2.25. The van der Waals surface area contributed by atoms with Crippen molar-refractivity contribution < 1.29 is 4.39 Å². The smallest absolute Gasteiger partial charge is 0.137 e. The van der Waals surface area contributed by atoms with Gasteiger partial charge in [-0.1, -0.05) is 35.9 Å². The zero-order valence-corrected chi connectivity index (χ0v) is 12.7. The van der Waals surface area contributed by atoms with Crippen molar-refractivity contribution in [3.05, 3.63) is 68.9 Å². The van der Waals surface area contributed by atoms with Crippen molar-refractivity contribution >= 4 is 39.3 Å². The Morgan fingerprint density at radius 2 is 1.89 bits per heavy atom. The fourth-order valence-corrected chi connectivity index (χ4v) is 3.22.